The molecule has 0 saturated carbocycles. The highest BCUT2D eigenvalue weighted by molar-refractivity contribution is 7.95. The van der Waals surface area contributed by atoms with Gasteiger partial charge in [-0.2, -0.15) is 0 Å². The number of rotatable bonds is 8. The molecular weight excluding hydrogens is 298 g/mol. The molecule has 0 heterocycles. The van der Waals surface area contributed by atoms with Gasteiger partial charge in [0.25, 0.3) is 0 Å². The normalized spacial score (nSPS) is 10.4. The number of nitrogens with zero attached hydrogens (tertiary/aromatic N) is 1. The molecule has 22 heavy (non-hydrogen) atoms. The van der Waals surface area contributed by atoms with Gasteiger partial charge >= 0.3 is 5.69 Å². The van der Waals surface area contributed by atoms with Crippen molar-refractivity contribution >= 4 is 17.7 Å². The molecule has 2 aromatic rings. The summed E-state index contributed by atoms with van der Waals surface area (Å²) in [7, 11) is 0. The first-order valence-electron chi connectivity index (χ1n) is 7.38. The first-order chi connectivity index (χ1) is 10.7. The number of aryl methyl sites for hydroxylation is 1. The zero-order valence-corrected chi connectivity index (χ0v) is 13.3. The van der Waals surface area contributed by atoms with Crippen LogP contribution in [-0.4, -0.2) is 4.92 Å². The minimum Gasteiger partial charge on any atom is -0.413 e. The molecule has 5 heteroatoms. The predicted octanol–water partition coefficient (Wildman–Crippen LogP) is 5.41. The van der Waals surface area contributed by atoms with Crippen LogP contribution in [0.5, 0.6) is 5.75 Å². The third-order valence-electron chi connectivity index (χ3n) is 3.29. The Bertz CT molecular complexity index is 617. The maximum absolute atomic E-state index is 11.2. The largest absolute Gasteiger partial charge is 0.413 e. The fourth-order valence-corrected chi connectivity index (χ4v) is 2.78. The van der Waals surface area contributed by atoms with Crippen molar-refractivity contribution in [3.05, 3.63) is 64.2 Å². The van der Waals surface area contributed by atoms with Crippen molar-refractivity contribution in [3.8, 4) is 5.75 Å². The van der Waals surface area contributed by atoms with Gasteiger partial charge in [0.1, 0.15) is 0 Å². The SMILES string of the molecule is CCCCCc1cccc([N+](=O)[O-])c1OSc1ccccc1. The molecule has 0 radical (unpaired) electrons. The standard InChI is InChI=1S/C17H19NO3S/c1-2-3-5-9-14-10-8-13-16(18(19)20)17(14)21-22-15-11-6-4-7-12-15/h4,6-8,10-13H,2-3,5,9H2,1H3. The topological polar surface area (TPSA) is 52.4 Å². The molecule has 0 amide bonds. The number of hydrogen-bond acceptors (Lipinski definition) is 4. The van der Waals surface area contributed by atoms with Gasteiger partial charge in [-0.25, -0.2) is 0 Å². The molecule has 116 valence electrons. The molecule has 2 aromatic carbocycles. The molecule has 0 N–H and O–H groups in total. The molecule has 0 aliphatic heterocycles. The molecule has 0 atom stereocenters. The second-order valence-electron chi connectivity index (χ2n) is 4.96. The van der Waals surface area contributed by atoms with Crippen molar-refractivity contribution in [3.63, 3.8) is 0 Å². The number of benzene rings is 2. The molecule has 4 nitrogen and oxygen atoms in total. The summed E-state index contributed by atoms with van der Waals surface area (Å²) in [6.45, 7) is 2.14. The zero-order chi connectivity index (χ0) is 15.8. The van der Waals surface area contributed by atoms with Gasteiger partial charge in [0, 0.05) is 16.5 Å². The van der Waals surface area contributed by atoms with Crippen molar-refractivity contribution in [2.24, 2.45) is 0 Å². The quantitative estimate of drug-likeness (QED) is 0.282. The monoisotopic (exact) mass is 317 g/mol. The third-order valence-corrected chi connectivity index (χ3v) is 4.00. The highest BCUT2D eigenvalue weighted by Crippen LogP contribution is 2.36. The summed E-state index contributed by atoms with van der Waals surface area (Å²) in [4.78, 5) is 11.8. The van der Waals surface area contributed by atoms with Crippen molar-refractivity contribution in [2.45, 2.75) is 37.5 Å². The predicted molar refractivity (Wildman–Crippen MR) is 89.3 cm³/mol. The van der Waals surface area contributed by atoms with Crippen molar-refractivity contribution < 1.29 is 9.11 Å². The summed E-state index contributed by atoms with van der Waals surface area (Å²) in [5.41, 5.74) is 0.920. The highest BCUT2D eigenvalue weighted by Gasteiger charge is 2.19. The summed E-state index contributed by atoms with van der Waals surface area (Å²) in [5.74, 6) is 0.373. The van der Waals surface area contributed by atoms with Gasteiger partial charge in [-0.1, -0.05) is 50.1 Å². The van der Waals surface area contributed by atoms with Crippen LogP contribution in [0.25, 0.3) is 0 Å². The van der Waals surface area contributed by atoms with Gasteiger partial charge in [0.15, 0.2) is 0 Å². The number of nitro benzene ring substituents is 1. The lowest BCUT2D eigenvalue weighted by Crippen LogP contribution is -1.97. The Morgan fingerprint density at radius 3 is 2.55 bits per heavy atom. The van der Waals surface area contributed by atoms with Crippen LogP contribution in [0.2, 0.25) is 0 Å². The van der Waals surface area contributed by atoms with E-state index in [1.54, 1.807) is 6.07 Å². The van der Waals surface area contributed by atoms with E-state index in [0.29, 0.717) is 5.75 Å². The van der Waals surface area contributed by atoms with Gasteiger partial charge in [-0.15, -0.1) is 0 Å². The molecule has 0 saturated heterocycles. The summed E-state index contributed by atoms with van der Waals surface area (Å²) >= 11 is 1.15. The fraction of sp³-hybridized carbons (Fsp3) is 0.294. The van der Waals surface area contributed by atoms with Gasteiger partial charge in [-0.05, 0) is 25.0 Å². The van der Waals surface area contributed by atoms with E-state index >= 15 is 0 Å². The summed E-state index contributed by atoms with van der Waals surface area (Å²) in [6.07, 6.45) is 4.02. The van der Waals surface area contributed by atoms with Gasteiger partial charge < -0.3 is 4.18 Å². The maximum Gasteiger partial charge on any atom is 0.312 e. The Labute approximate surface area is 134 Å². The first kappa shape index (κ1) is 16.4. The molecular formula is C17H19NO3S. The van der Waals surface area contributed by atoms with Crippen LogP contribution in [0.3, 0.4) is 0 Å². The zero-order valence-electron chi connectivity index (χ0n) is 12.5. The molecule has 0 aliphatic carbocycles. The van der Waals surface area contributed by atoms with Gasteiger partial charge in [0.05, 0.1) is 17.0 Å². The van der Waals surface area contributed by atoms with Crippen LogP contribution in [0, 0.1) is 10.1 Å². The second kappa shape index (κ2) is 8.44. The van der Waals surface area contributed by atoms with E-state index in [0.717, 1.165) is 48.2 Å². The van der Waals surface area contributed by atoms with E-state index in [1.165, 1.54) is 6.07 Å². The number of hydrogen-bond donors (Lipinski definition) is 0. The van der Waals surface area contributed by atoms with E-state index in [1.807, 2.05) is 36.4 Å². The van der Waals surface area contributed by atoms with E-state index in [9.17, 15) is 10.1 Å². The third kappa shape index (κ3) is 4.49. The minimum absolute atomic E-state index is 0.0254. The average molecular weight is 317 g/mol. The maximum atomic E-state index is 11.2. The van der Waals surface area contributed by atoms with Gasteiger partial charge in [0.2, 0.25) is 5.75 Å². The number of nitro groups is 1. The average Bonchev–Trinajstić information content (AvgIpc) is 2.54. The van der Waals surface area contributed by atoms with Crippen molar-refractivity contribution in [1.82, 2.24) is 0 Å². The lowest BCUT2D eigenvalue weighted by atomic mass is 10.1. The minimum atomic E-state index is -0.385. The summed E-state index contributed by atoms with van der Waals surface area (Å²) in [6, 6.07) is 14.7. The van der Waals surface area contributed by atoms with Crippen LogP contribution in [0.1, 0.15) is 31.7 Å². The Morgan fingerprint density at radius 2 is 1.86 bits per heavy atom. The van der Waals surface area contributed by atoms with Crippen LogP contribution in [0.15, 0.2) is 53.4 Å². The van der Waals surface area contributed by atoms with Crippen LogP contribution in [-0.2, 0) is 6.42 Å². The van der Waals surface area contributed by atoms with Crippen molar-refractivity contribution in [1.29, 1.82) is 0 Å². The van der Waals surface area contributed by atoms with Crippen LogP contribution < -0.4 is 4.18 Å². The van der Waals surface area contributed by atoms with Gasteiger partial charge in [-0.3, -0.25) is 10.1 Å². The molecule has 0 fully saturated rings. The summed E-state index contributed by atoms with van der Waals surface area (Å²) < 4.78 is 5.72. The van der Waals surface area contributed by atoms with E-state index in [4.69, 9.17) is 4.18 Å². The highest BCUT2D eigenvalue weighted by atomic mass is 32.2. The van der Waals surface area contributed by atoms with Crippen LogP contribution in [0.4, 0.5) is 5.69 Å². The Kier molecular flexibility index (Phi) is 6.27. The lowest BCUT2D eigenvalue weighted by molar-refractivity contribution is -0.385. The van der Waals surface area contributed by atoms with Crippen molar-refractivity contribution in [2.75, 3.05) is 0 Å². The second-order valence-corrected chi connectivity index (χ2v) is 5.76. The lowest BCUT2D eigenvalue weighted by Gasteiger charge is -2.10. The molecule has 0 unspecified atom stereocenters. The van der Waals surface area contributed by atoms with E-state index < -0.39 is 0 Å². The molecule has 0 aromatic heterocycles. The number of unbranched alkanes of at least 4 members (excludes halogenated alkanes) is 2. The Balaban J connectivity index is 2.19. The smallest absolute Gasteiger partial charge is 0.312 e. The number of para-hydroxylation sites is 1. The molecule has 0 bridgehead atoms. The van der Waals surface area contributed by atoms with E-state index in [2.05, 4.69) is 6.92 Å². The molecule has 0 aliphatic rings. The first-order valence-corrected chi connectivity index (χ1v) is 8.12. The van der Waals surface area contributed by atoms with Crippen LogP contribution >= 0.6 is 12.0 Å². The summed E-state index contributed by atoms with van der Waals surface area (Å²) in [5, 5.41) is 11.2. The Morgan fingerprint density at radius 1 is 1.09 bits per heavy atom. The molecule has 2 rings (SSSR count). The Hall–Kier alpha value is -2.01. The van der Waals surface area contributed by atoms with E-state index in [-0.39, 0.29) is 10.6 Å². The molecule has 0 spiro atoms. The fourth-order valence-electron chi connectivity index (χ4n) is 2.14.